The average molecular weight is 413 g/mol. The van der Waals surface area contributed by atoms with Crippen LogP contribution in [0.5, 0.6) is 5.75 Å². The summed E-state index contributed by atoms with van der Waals surface area (Å²) < 4.78 is 20.4. The summed E-state index contributed by atoms with van der Waals surface area (Å²) in [5.74, 6) is 0.602. The summed E-state index contributed by atoms with van der Waals surface area (Å²) in [5, 5.41) is 0. The molecule has 166 valence electrons. The monoisotopic (exact) mass is 412 g/mol. The number of aryl methyl sites for hydroxylation is 1. The summed E-state index contributed by atoms with van der Waals surface area (Å²) in [6.45, 7) is 7.23. The summed E-state index contributed by atoms with van der Waals surface area (Å²) in [6, 6.07) is 13.9. The van der Waals surface area contributed by atoms with Crippen LogP contribution in [0.1, 0.15) is 90.5 Å². The minimum Gasteiger partial charge on any atom is -0.490 e. The lowest BCUT2D eigenvalue weighted by Crippen LogP contribution is -2.12. The average Bonchev–Trinajstić information content (AvgIpc) is 2.77. The van der Waals surface area contributed by atoms with E-state index in [9.17, 15) is 4.39 Å². The zero-order chi connectivity index (χ0) is 21.6. The van der Waals surface area contributed by atoms with E-state index < -0.39 is 0 Å². The van der Waals surface area contributed by atoms with Gasteiger partial charge in [0.2, 0.25) is 0 Å². The molecule has 0 aliphatic rings. The highest BCUT2D eigenvalue weighted by Gasteiger charge is 2.11. The first-order valence-corrected chi connectivity index (χ1v) is 12.2. The molecule has 0 bridgehead atoms. The fourth-order valence-corrected chi connectivity index (χ4v) is 3.88. The molecule has 2 heteroatoms. The van der Waals surface area contributed by atoms with Crippen molar-refractivity contribution in [2.45, 2.75) is 91.4 Å². The Balaban J connectivity index is 1.86. The fraction of sp³-hybridized carbons (Fsp3) is 0.571. The minimum atomic E-state index is -0.269. The number of hydrogen-bond donors (Lipinski definition) is 0. The second-order valence-corrected chi connectivity index (χ2v) is 8.59. The Bertz CT molecular complexity index is 707. The largest absolute Gasteiger partial charge is 0.490 e. The maximum Gasteiger partial charge on any atom is 0.165 e. The summed E-state index contributed by atoms with van der Waals surface area (Å²) in [4.78, 5) is 0. The molecule has 2 aromatic carbocycles. The maximum absolute atomic E-state index is 14.6. The van der Waals surface area contributed by atoms with Gasteiger partial charge in [-0.05, 0) is 54.0 Å². The van der Waals surface area contributed by atoms with E-state index in [4.69, 9.17) is 4.74 Å². The molecule has 1 atom stereocenters. The van der Waals surface area contributed by atoms with Crippen LogP contribution in [0.15, 0.2) is 42.5 Å². The van der Waals surface area contributed by atoms with E-state index in [1.54, 1.807) is 12.1 Å². The number of rotatable bonds is 15. The highest BCUT2D eigenvalue weighted by molar-refractivity contribution is 5.64. The molecule has 30 heavy (non-hydrogen) atoms. The zero-order valence-electron chi connectivity index (χ0n) is 19.4. The Morgan fingerprint density at radius 2 is 1.43 bits per heavy atom. The predicted molar refractivity (Wildman–Crippen MR) is 128 cm³/mol. The van der Waals surface area contributed by atoms with Gasteiger partial charge in [-0.2, -0.15) is 0 Å². The van der Waals surface area contributed by atoms with Gasteiger partial charge >= 0.3 is 0 Å². The van der Waals surface area contributed by atoms with Crippen molar-refractivity contribution in [3.05, 3.63) is 53.8 Å². The first-order chi connectivity index (χ1) is 14.7. The van der Waals surface area contributed by atoms with Crippen molar-refractivity contribution in [2.24, 2.45) is 5.92 Å². The van der Waals surface area contributed by atoms with Crippen molar-refractivity contribution in [2.75, 3.05) is 6.61 Å². The van der Waals surface area contributed by atoms with Gasteiger partial charge in [0.1, 0.15) is 0 Å². The number of unbranched alkanes of at least 4 members (excludes halogenated alkanes) is 6. The maximum atomic E-state index is 14.6. The van der Waals surface area contributed by atoms with Gasteiger partial charge in [-0.25, -0.2) is 4.39 Å². The molecule has 0 heterocycles. The van der Waals surface area contributed by atoms with Gasteiger partial charge in [0, 0.05) is 0 Å². The van der Waals surface area contributed by atoms with E-state index in [2.05, 4.69) is 45.0 Å². The van der Waals surface area contributed by atoms with Crippen molar-refractivity contribution < 1.29 is 9.13 Å². The number of halogens is 1. The van der Waals surface area contributed by atoms with E-state index in [0.29, 0.717) is 18.3 Å². The topological polar surface area (TPSA) is 9.23 Å². The van der Waals surface area contributed by atoms with E-state index in [-0.39, 0.29) is 5.82 Å². The molecular formula is C28H41FO. The Morgan fingerprint density at radius 3 is 2.10 bits per heavy atom. The quantitative estimate of drug-likeness (QED) is 0.265. The summed E-state index contributed by atoms with van der Waals surface area (Å²) in [7, 11) is 0. The highest BCUT2D eigenvalue weighted by atomic mass is 19.1. The van der Waals surface area contributed by atoms with Crippen LogP contribution in [0.3, 0.4) is 0 Å². The van der Waals surface area contributed by atoms with E-state index in [0.717, 1.165) is 30.4 Å². The van der Waals surface area contributed by atoms with Crippen LogP contribution in [0.4, 0.5) is 4.39 Å². The van der Waals surface area contributed by atoms with Crippen molar-refractivity contribution in [3.8, 4) is 16.9 Å². The lowest BCUT2D eigenvalue weighted by Gasteiger charge is -2.16. The first kappa shape index (κ1) is 24.4. The van der Waals surface area contributed by atoms with Gasteiger partial charge in [0.25, 0.3) is 0 Å². The third kappa shape index (κ3) is 8.50. The van der Waals surface area contributed by atoms with Crippen LogP contribution in [-0.4, -0.2) is 6.61 Å². The van der Waals surface area contributed by atoms with Gasteiger partial charge < -0.3 is 4.74 Å². The number of benzene rings is 2. The van der Waals surface area contributed by atoms with E-state index >= 15 is 0 Å². The van der Waals surface area contributed by atoms with Crippen LogP contribution in [0, 0.1) is 11.7 Å². The molecule has 0 spiro atoms. The van der Waals surface area contributed by atoms with Gasteiger partial charge in [0.15, 0.2) is 11.6 Å². The standard InChI is InChI=1S/C28H41FO/c1-4-7-9-10-11-12-14-24-15-17-25(18-16-24)26-19-20-28(27(29)21-26)30-22-23(6-3)13-8-5-2/h15-21,23H,4-14,22H2,1-3H3. The predicted octanol–water partition coefficient (Wildman–Crippen LogP) is 8.99. The lowest BCUT2D eigenvalue weighted by atomic mass is 10.00. The lowest BCUT2D eigenvalue weighted by molar-refractivity contribution is 0.225. The molecule has 0 aliphatic carbocycles. The number of hydrogen-bond acceptors (Lipinski definition) is 1. The second kappa shape index (κ2) is 14.2. The fourth-order valence-electron chi connectivity index (χ4n) is 3.88. The first-order valence-electron chi connectivity index (χ1n) is 12.2. The van der Waals surface area contributed by atoms with Gasteiger partial charge in [-0.3, -0.25) is 0 Å². The molecule has 0 aromatic heterocycles. The molecule has 0 amide bonds. The summed E-state index contributed by atoms with van der Waals surface area (Å²) in [5.41, 5.74) is 3.33. The minimum absolute atomic E-state index is 0.269. The Morgan fingerprint density at radius 1 is 0.767 bits per heavy atom. The van der Waals surface area contributed by atoms with Crippen molar-refractivity contribution in [1.82, 2.24) is 0 Å². The van der Waals surface area contributed by atoms with Crippen molar-refractivity contribution in [3.63, 3.8) is 0 Å². The van der Waals surface area contributed by atoms with Gasteiger partial charge in [-0.15, -0.1) is 0 Å². The van der Waals surface area contributed by atoms with Crippen LogP contribution in [-0.2, 0) is 6.42 Å². The molecule has 0 N–H and O–H groups in total. The highest BCUT2D eigenvalue weighted by Crippen LogP contribution is 2.27. The van der Waals surface area contributed by atoms with E-state index in [1.807, 2.05) is 6.07 Å². The van der Waals surface area contributed by atoms with Gasteiger partial charge in [-0.1, -0.05) is 102 Å². The number of ether oxygens (including phenoxy) is 1. The van der Waals surface area contributed by atoms with Crippen molar-refractivity contribution in [1.29, 1.82) is 0 Å². The zero-order valence-corrected chi connectivity index (χ0v) is 19.4. The van der Waals surface area contributed by atoms with Gasteiger partial charge in [0.05, 0.1) is 6.61 Å². The molecule has 0 fully saturated rings. The third-order valence-corrected chi connectivity index (χ3v) is 6.06. The Hall–Kier alpha value is -1.83. The smallest absolute Gasteiger partial charge is 0.165 e. The van der Waals surface area contributed by atoms with E-state index in [1.165, 1.54) is 56.9 Å². The Labute approximate surface area is 184 Å². The summed E-state index contributed by atoms with van der Waals surface area (Å²) in [6.07, 6.45) is 13.7. The molecule has 2 rings (SSSR count). The molecule has 1 nitrogen and oxygen atoms in total. The molecule has 0 saturated carbocycles. The van der Waals surface area contributed by atoms with Crippen LogP contribution < -0.4 is 4.74 Å². The second-order valence-electron chi connectivity index (χ2n) is 8.59. The normalized spacial score (nSPS) is 12.1. The Kier molecular flexibility index (Phi) is 11.6. The van der Waals surface area contributed by atoms with Crippen LogP contribution in [0.25, 0.3) is 11.1 Å². The molecule has 0 saturated heterocycles. The SMILES string of the molecule is CCCCCCCCc1ccc(-c2ccc(OCC(CC)CCCC)c(F)c2)cc1. The molecule has 0 radical (unpaired) electrons. The third-order valence-electron chi connectivity index (χ3n) is 6.06. The molecular weight excluding hydrogens is 371 g/mol. The van der Waals surface area contributed by atoms with Crippen LogP contribution in [0.2, 0.25) is 0 Å². The summed E-state index contributed by atoms with van der Waals surface area (Å²) >= 11 is 0. The molecule has 0 aliphatic heterocycles. The van der Waals surface area contributed by atoms with Crippen molar-refractivity contribution >= 4 is 0 Å². The molecule has 2 aromatic rings. The van der Waals surface area contributed by atoms with Crippen LogP contribution >= 0.6 is 0 Å². The molecule has 1 unspecified atom stereocenters.